The van der Waals surface area contributed by atoms with Gasteiger partial charge >= 0.3 is 0 Å². The molecule has 2 saturated carbocycles. The van der Waals surface area contributed by atoms with Gasteiger partial charge in [-0.05, 0) is 62.3 Å². The van der Waals surface area contributed by atoms with Crippen LogP contribution in [0.2, 0.25) is 0 Å². The molecule has 1 saturated heterocycles. The van der Waals surface area contributed by atoms with Crippen molar-refractivity contribution in [1.29, 1.82) is 0 Å². The molecule has 3 heteroatoms. The van der Waals surface area contributed by atoms with Crippen molar-refractivity contribution < 1.29 is 4.79 Å². The van der Waals surface area contributed by atoms with E-state index in [9.17, 15) is 4.79 Å². The van der Waals surface area contributed by atoms with Gasteiger partial charge in [-0.25, -0.2) is 0 Å². The van der Waals surface area contributed by atoms with Crippen molar-refractivity contribution >= 4 is 5.91 Å². The van der Waals surface area contributed by atoms with Gasteiger partial charge in [-0.15, -0.1) is 0 Å². The minimum Gasteiger partial charge on any atom is -0.342 e. The highest BCUT2D eigenvalue weighted by atomic mass is 16.2. The Morgan fingerprint density at radius 3 is 2.71 bits per heavy atom. The van der Waals surface area contributed by atoms with E-state index in [0.29, 0.717) is 23.8 Å². The Bertz CT molecular complexity index is 370. The van der Waals surface area contributed by atoms with Gasteiger partial charge in [-0.1, -0.05) is 20.3 Å². The molecule has 5 atom stereocenters. The second-order valence-electron chi connectivity index (χ2n) is 7.81. The van der Waals surface area contributed by atoms with Crippen LogP contribution in [0.1, 0.15) is 58.8 Å². The lowest BCUT2D eigenvalue weighted by atomic mass is 9.85. The first-order valence-electron chi connectivity index (χ1n) is 9.18. The number of carbonyl (C=O) groups excluding carboxylic acids is 1. The average molecular weight is 292 g/mol. The van der Waals surface area contributed by atoms with Crippen molar-refractivity contribution in [3.05, 3.63) is 0 Å². The molecule has 1 amide bonds. The first kappa shape index (κ1) is 15.3. The largest absolute Gasteiger partial charge is 0.342 e. The topological polar surface area (TPSA) is 32.3 Å². The second kappa shape index (κ2) is 6.68. The lowest BCUT2D eigenvalue weighted by Gasteiger charge is -2.38. The lowest BCUT2D eigenvalue weighted by molar-refractivity contribution is -0.134. The Hall–Kier alpha value is -0.570. The Balaban J connectivity index is 1.46. The lowest BCUT2D eigenvalue weighted by Crippen LogP contribution is -2.50. The second-order valence-corrected chi connectivity index (χ2v) is 7.81. The highest BCUT2D eigenvalue weighted by Crippen LogP contribution is 2.49. The van der Waals surface area contributed by atoms with Crippen LogP contribution in [-0.2, 0) is 4.79 Å². The fraction of sp³-hybridized carbons (Fsp3) is 0.944. The zero-order chi connectivity index (χ0) is 14.8. The normalized spacial score (nSPS) is 39.0. The van der Waals surface area contributed by atoms with E-state index in [1.54, 1.807) is 0 Å². The van der Waals surface area contributed by atoms with E-state index in [0.717, 1.165) is 44.3 Å². The van der Waals surface area contributed by atoms with Gasteiger partial charge in [-0.3, -0.25) is 4.79 Å². The van der Waals surface area contributed by atoms with Crippen LogP contribution < -0.4 is 5.32 Å². The summed E-state index contributed by atoms with van der Waals surface area (Å²) in [5.74, 6) is 3.57. The molecule has 1 N–H and O–H groups in total. The van der Waals surface area contributed by atoms with E-state index in [-0.39, 0.29) is 0 Å². The van der Waals surface area contributed by atoms with E-state index >= 15 is 0 Å². The highest BCUT2D eigenvalue weighted by Gasteiger charge is 2.41. The van der Waals surface area contributed by atoms with E-state index in [4.69, 9.17) is 0 Å². The predicted octanol–water partition coefficient (Wildman–Crippen LogP) is 3.05. The van der Waals surface area contributed by atoms with E-state index < -0.39 is 0 Å². The molecular formula is C18H32N2O. The number of nitrogens with one attached hydrogen (secondary N) is 1. The molecule has 1 heterocycles. The summed E-state index contributed by atoms with van der Waals surface area (Å²) < 4.78 is 0. The Kier molecular flexibility index (Phi) is 4.88. The number of fused-ring (bicyclic) bond motifs is 2. The smallest absolute Gasteiger partial charge is 0.222 e. The monoisotopic (exact) mass is 292 g/mol. The maximum atomic E-state index is 12.6. The summed E-state index contributed by atoms with van der Waals surface area (Å²) in [4.78, 5) is 14.8. The Morgan fingerprint density at radius 2 is 2.10 bits per heavy atom. The van der Waals surface area contributed by atoms with Gasteiger partial charge < -0.3 is 10.2 Å². The number of piperidine rings is 1. The zero-order valence-electron chi connectivity index (χ0n) is 13.8. The minimum atomic E-state index is 0.438. The fourth-order valence-electron chi connectivity index (χ4n) is 4.98. The molecule has 0 spiro atoms. The van der Waals surface area contributed by atoms with Crippen molar-refractivity contribution in [3.8, 4) is 0 Å². The maximum Gasteiger partial charge on any atom is 0.222 e. The van der Waals surface area contributed by atoms with Crippen LogP contribution in [-0.4, -0.2) is 36.5 Å². The molecule has 21 heavy (non-hydrogen) atoms. The summed E-state index contributed by atoms with van der Waals surface area (Å²) in [5, 5.41) is 3.64. The molecule has 2 bridgehead atoms. The van der Waals surface area contributed by atoms with Crippen LogP contribution >= 0.6 is 0 Å². The Labute approximate surface area is 129 Å². The van der Waals surface area contributed by atoms with Gasteiger partial charge in [0.05, 0.1) is 0 Å². The molecule has 3 rings (SSSR count). The van der Waals surface area contributed by atoms with Crippen molar-refractivity contribution in [3.63, 3.8) is 0 Å². The minimum absolute atomic E-state index is 0.438. The van der Waals surface area contributed by atoms with Crippen LogP contribution in [0.3, 0.4) is 0 Å². The molecule has 0 aromatic carbocycles. The number of hydrogen-bond acceptors (Lipinski definition) is 2. The third-order valence-electron chi connectivity index (χ3n) is 6.24. The molecule has 3 fully saturated rings. The SMILES string of the molecule is CCCNC1CCN(C(=O)CC2CC3CCC2C3)CC1C. The average Bonchev–Trinajstić information content (AvgIpc) is 3.08. The van der Waals surface area contributed by atoms with Crippen LogP contribution in [0.15, 0.2) is 0 Å². The summed E-state index contributed by atoms with van der Waals surface area (Å²) in [6.45, 7) is 7.54. The molecule has 1 aliphatic heterocycles. The number of rotatable bonds is 5. The molecule has 0 aromatic heterocycles. The first-order chi connectivity index (χ1) is 10.2. The molecule has 2 aliphatic carbocycles. The van der Waals surface area contributed by atoms with Gasteiger partial charge in [0.25, 0.3) is 0 Å². The van der Waals surface area contributed by atoms with Crippen LogP contribution in [0.25, 0.3) is 0 Å². The van der Waals surface area contributed by atoms with E-state index in [2.05, 4.69) is 24.1 Å². The number of nitrogens with zero attached hydrogens (tertiary/aromatic N) is 1. The summed E-state index contributed by atoms with van der Waals surface area (Å²) >= 11 is 0. The van der Waals surface area contributed by atoms with Gasteiger partial charge in [-0.2, -0.15) is 0 Å². The van der Waals surface area contributed by atoms with E-state index in [1.807, 2.05) is 0 Å². The molecule has 0 radical (unpaired) electrons. The van der Waals surface area contributed by atoms with Crippen LogP contribution in [0.5, 0.6) is 0 Å². The van der Waals surface area contributed by atoms with Gasteiger partial charge in [0.15, 0.2) is 0 Å². The third kappa shape index (κ3) is 3.44. The third-order valence-corrected chi connectivity index (χ3v) is 6.24. The summed E-state index contributed by atoms with van der Waals surface area (Å²) in [6.07, 6.45) is 8.72. The van der Waals surface area contributed by atoms with Gasteiger partial charge in [0, 0.05) is 25.6 Å². The maximum absolute atomic E-state index is 12.6. The van der Waals surface area contributed by atoms with Crippen LogP contribution in [0.4, 0.5) is 0 Å². The van der Waals surface area contributed by atoms with Crippen molar-refractivity contribution in [2.75, 3.05) is 19.6 Å². The zero-order valence-corrected chi connectivity index (χ0v) is 13.8. The Morgan fingerprint density at radius 1 is 1.24 bits per heavy atom. The summed E-state index contributed by atoms with van der Waals surface area (Å²) in [7, 11) is 0. The highest BCUT2D eigenvalue weighted by molar-refractivity contribution is 5.76. The van der Waals surface area contributed by atoms with Crippen molar-refractivity contribution in [2.45, 2.75) is 64.8 Å². The number of carbonyl (C=O) groups is 1. The van der Waals surface area contributed by atoms with Crippen molar-refractivity contribution in [2.24, 2.45) is 23.7 Å². The number of amides is 1. The number of likely N-dealkylation sites (tertiary alicyclic amines) is 1. The molecule has 120 valence electrons. The molecule has 0 aromatic rings. The number of hydrogen-bond donors (Lipinski definition) is 1. The van der Waals surface area contributed by atoms with Crippen LogP contribution in [0, 0.1) is 23.7 Å². The van der Waals surface area contributed by atoms with Gasteiger partial charge in [0.2, 0.25) is 5.91 Å². The quantitative estimate of drug-likeness (QED) is 0.844. The molecule has 3 nitrogen and oxygen atoms in total. The molecule has 5 unspecified atom stereocenters. The first-order valence-corrected chi connectivity index (χ1v) is 9.18. The fourth-order valence-corrected chi connectivity index (χ4v) is 4.98. The van der Waals surface area contributed by atoms with Crippen molar-refractivity contribution in [1.82, 2.24) is 10.2 Å². The molecule has 3 aliphatic rings. The van der Waals surface area contributed by atoms with E-state index in [1.165, 1.54) is 32.1 Å². The predicted molar refractivity (Wildman–Crippen MR) is 86.0 cm³/mol. The molecular weight excluding hydrogens is 260 g/mol. The standard InChI is InChI=1S/C18H32N2O/c1-3-7-19-17-6-8-20(12-13(17)2)18(21)11-16-10-14-4-5-15(16)9-14/h13-17,19H,3-12H2,1-2H3. The van der Waals surface area contributed by atoms with Gasteiger partial charge in [0.1, 0.15) is 0 Å². The summed E-state index contributed by atoms with van der Waals surface area (Å²) in [6, 6.07) is 0.608. The summed E-state index contributed by atoms with van der Waals surface area (Å²) in [5.41, 5.74) is 0.